The first-order chi connectivity index (χ1) is 14.9. The van der Waals surface area contributed by atoms with E-state index in [0.29, 0.717) is 5.52 Å². The van der Waals surface area contributed by atoms with E-state index in [9.17, 15) is 18.0 Å². The quantitative estimate of drug-likeness (QED) is 0.597. The van der Waals surface area contributed by atoms with E-state index in [0.717, 1.165) is 10.9 Å². The van der Waals surface area contributed by atoms with E-state index < -0.39 is 27.7 Å². The number of sulfone groups is 1. The maximum atomic E-state index is 13.0. The molecule has 0 saturated carbocycles. The Labute approximate surface area is 180 Å². The molecule has 1 atom stereocenters. The van der Waals surface area contributed by atoms with Crippen LogP contribution in [0.5, 0.6) is 0 Å². The highest BCUT2D eigenvalue weighted by molar-refractivity contribution is 7.91. The van der Waals surface area contributed by atoms with Gasteiger partial charge in [0.1, 0.15) is 11.7 Å². The minimum absolute atomic E-state index is 0.00299. The van der Waals surface area contributed by atoms with Crippen LogP contribution in [-0.4, -0.2) is 54.7 Å². The largest absolute Gasteiger partial charge is 0.288 e. The molecule has 0 bridgehead atoms. The van der Waals surface area contributed by atoms with E-state index in [2.05, 4.69) is 15.8 Å². The maximum absolute atomic E-state index is 13.0. The number of amides is 2. The fourth-order valence-electron chi connectivity index (χ4n) is 3.59. The van der Waals surface area contributed by atoms with Crippen molar-refractivity contribution in [2.24, 2.45) is 0 Å². The molecule has 4 rings (SSSR count). The van der Waals surface area contributed by atoms with Gasteiger partial charge in [0.2, 0.25) is 0 Å². The summed E-state index contributed by atoms with van der Waals surface area (Å²) in [4.78, 5) is 31.7. The number of rotatable bonds is 4. The molecule has 1 aliphatic heterocycles. The van der Waals surface area contributed by atoms with E-state index >= 15 is 0 Å². The van der Waals surface area contributed by atoms with Gasteiger partial charge in [0.05, 0.1) is 17.0 Å². The number of hydrogen-bond donors (Lipinski definition) is 2. The minimum atomic E-state index is -3.09. The smallest absolute Gasteiger partial charge is 0.286 e. The molecule has 1 aliphatic rings. The molecule has 2 N–H and O–H groups in total. The van der Waals surface area contributed by atoms with Crippen molar-refractivity contribution in [2.75, 3.05) is 24.6 Å². The normalized spacial score (nSPS) is 17.0. The molecule has 1 fully saturated rings. The number of nitrogens with zero attached hydrogens (tertiary/aromatic N) is 2. The number of carbonyl (C=O) groups excluding carboxylic acids is 2. The van der Waals surface area contributed by atoms with Gasteiger partial charge in [-0.2, -0.15) is 0 Å². The van der Waals surface area contributed by atoms with Crippen LogP contribution in [0.4, 0.5) is 0 Å². The van der Waals surface area contributed by atoms with Crippen molar-refractivity contribution in [3.05, 3.63) is 78.0 Å². The molecule has 1 aromatic heterocycles. The summed E-state index contributed by atoms with van der Waals surface area (Å²) in [5.74, 6) is -0.986. The predicted octanol–water partition coefficient (Wildman–Crippen LogP) is 1.47. The molecule has 2 heterocycles. The Morgan fingerprint density at radius 3 is 2.29 bits per heavy atom. The zero-order valence-electron chi connectivity index (χ0n) is 16.7. The zero-order valence-corrected chi connectivity index (χ0v) is 17.5. The summed E-state index contributed by atoms with van der Waals surface area (Å²) in [6.07, 6.45) is 0. The van der Waals surface area contributed by atoms with Gasteiger partial charge in [-0.1, -0.05) is 54.6 Å². The molecular weight excluding hydrogens is 416 g/mol. The summed E-state index contributed by atoms with van der Waals surface area (Å²) >= 11 is 0. The standard InChI is InChI=1S/C22H22N4O4S/c27-21(19-11-10-16-6-4-5-9-18(16)23-19)24-25-22(28)20(17-7-2-1-3-8-17)26-12-14-31(29,30)15-13-26/h1-11,20H,12-15H2,(H,24,27)(H,25,28). The van der Waals surface area contributed by atoms with E-state index in [1.54, 1.807) is 30.3 Å². The van der Waals surface area contributed by atoms with Gasteiger partial charge in [0.15, 0.2) is 9.84 Å². The average Bonchev–Trinajstić information content (AvgIpc) is 2.79. The third-order valence-corrected chi connectivity index (χ3v) is 6.85. The first-order valence-corrected chi connectivity index (χ1v) is 11.7. The van der Waals surface area contributed by atoms with Gasteiger partial charge < -0.3 is 0 Å². The molecule has 1 unspecified atom stereocenters. The average molecular weight is 439 g/mol. The fourth-order valence-corrected chi connectivity index (χ4v) is 4.82. The van der Waals surface area contributed by atoms with E-state index in [1.165, 1.54) is 0 Å². The Morgan fingerprint density at radius 2 is 1.55 bits per heavy atom. The molecule has 0 spiro atoms. The van der Waals surface area contributed by atoms with Crippen LogP contribution >= 0.6 is 0 Å². The summed E-state index contributed by atoms with van der Waals surface area (Å²) in [5.41, 5.74) is 6.48. The third-order valence-electron chi connectivity index (χ3n) is 5.24. The lowest BCUT2D eigenvalue weighted by Gasteiger charge is -2.33. The maximum Gasteiger partial charge on any atom is 0.288 e. The van der Waals surface area contributed by atoms with Crippen molar-refractivity contribution in [2.45, 2.75) is 6.04 Å². The Kier molecular flexibility index (Phi) is 5.97. The molecule has 31 heavy (non-hydrogen) atoms. The predicted molar refractivity (Wildman–Crippen MR) is 117 cm³/mol. The molecule has 160 valence electrons. The zero-order chi connectivity index (χ0) is 21.8. The monoisotopic (exact) mass is 438 g/mol. The van der Waals surface area contributed by atoms with Crippen LogP contribution < -0.4 is 10.9 Å². The van der Waals surface area contributed by atoms with Gasteiger partial charge in [0, 0.05) is 18.5 Å². The van der Waals surface area contributed by atoms with Gasteiger partial charge in [-0.3, -0.25) is 25.3 Å². The molecule has 1 saturated heterocycles. The SMILES string of the molecule is O=C(NNC(=O)C(c1ccccc1)N1CCS(=O)(=O)CC1)c1ccc2ccccc2n1. The summed E-state index contributed by atoms with van der Waals surface area (Å²) in [5, 5.41) is 0.910. The van der Waals surface area contributed by atoms with Crippen molar-refractivity contribution in [3.8, 4) is 0 Å². The van der Waals surface area contributed by atoms with Crippen molar-refractivity contribution in [1.82, 2.24) is 20.7 Å². The third kappa shape index (κ3) is 4.89. The number of carbonyl (C=O) groups is 2. The molecule has 3 aromatic rings. The van der Waals surface area contributed by atoms with E-state index in [1.807, 2.05) is 41.3 Å². The van der Waals surface area contributed by atoms with Crippen LogP contribution in [0.25, 0.3) is 10.9 Å². The lowest BCUT2D eigenvalue weighted by atomic mass is 10.0. The van der Waals surface area contributed by atoms with Crippen molar-refractivity contribution in [3.63, 3.8) is 0 Å². The number of aromatic nitrogens is 1. The van der Waals surface area contributed by atoms with E-state index in [-0.39, 0.29) is 30.3 Å². The van der Waals surface area contributed by atoms with Crippen LogP contribution in [0.3, 0.4) is 0 Å². The second kappa shape index (κ2) is 8.83. The van der Waals surface area contributed by atoms with Gasteiger partial charge in [-0.25, -0.2) is 13.4 Å². The Morgan fingerprint density at radius 1 is 0.871 bits per heavy atom. The highest BCUT2D eigenvalue weighted by Crippen LogP contribution is 2.23. The second-order valence-corrected chi connectivity index (χ2v) is 9.64. The van der Waals surface area contributed by atoms with Crippen LogP contribution in [0.1, 0.15) is 22.1 Å². The summed E-state index contributed by atoms with van der Waals surface area (Å²) < 4.78 is 23.6. The number of nitrogens with one attached hydrogen (secondary N) is 2. The molecule has 2 aromatic carbocycles. The van der Waals surface area contributed by atoms with Gasteiger partial charge >= 0.3 is 0 Å². The Bertz CT molecular complexity index is 1200. The molecular formula is C22H22N4O4S. The summed E-state index contributed by atoms with van der Waals surface area (Å²) in [6, 6.07) is 19.2. The molecule has 9 heteroatoms. The Balaban J connectivity index is 1.48. The van der Waals surface area contributed by atoms with Crippen molar-refractivity contribution >= 4 is 32.6 Å². The number of para-hydroxylation sites is 1. The van der Waals surface area contributed by atoms with Crippen LogP contribution in [0.2, 0.25) is 0 Å². The van der Waals surface area contributed by atoms with Gasteiger partial charge in [-0.05, 0) is 17.7 Å². The molecule has 0 radical (unpaired) electrons. The lowest BCUT2D eigenvalue weighted by molar-refractivity contribution is -0.127. The summed E-state index contributed by atoms with van der Waals surface area (Å²) in [7, 11) is -3.09. The van der Waals surface area contributed by atoms with Gasteiger partial charge in [-0.15, -0.1) is 0 Å². The lowest BCUT2D eigenvalue weighted by Crippen LogP contribution is -2.51. The molecule has 0 aliphatic carbocycles. The number of fused-ring (bicyclic) bond motifs is 1. The molecule has 2 amide bonds. The number of benzene rings is 2. The number of hydrazine groups is 1. The topological polar surface area (TPSA) is 108 Å². The number of hydrogen-bond acceptors (Lipinski definition) is 6. The highest BCUT2D eigenvalue weighted by atomic mass is 32.2. The van der Waals surface area contributed by atoms with Crippen molar-refractivity contribution in [1.29, 1.82) is 0 Å². The fraction of sp³-hybridized carbons (Fsp3) is 0.227. The minimum Gasteiger partial charge on any atom is -0.286 e. The highest BCUT2D eigenvalue weighted by Gasteiger charge is 2.32. The number of pyridine rings is 1. The van der Waals surface area contributed by atoms with E-state index in [4.69, 9.17) is 0 Å². The molecule has 8 nitrogen and oxygen atoms in total. The van der Waals surface area contributed by atoms with Gasteiger partial charge in [0.25, 0.3) is 11.8 Å². The first kappa shape index (κ1) is 21.0. The van der Waals surface area contributed by atoms with Crippen molar-refractivity contribution < 1.29 is 18.0 Å². The second-order valence-electron chi connectivity index (χ2n) is 7.33. The summed E-state index contributed by atoms with van der Waals surface area (Å²) in [6.45, 7) is 0.491. The Hall–Kier alpha value is -3.30. The van der Waals surface area contributed by atoms with Crippen LogP contribution in [-0.2, 0) is 14.6 Å². The first-order valence-electron chi connectivity index (χ1n) is 9.88. The van der Waals surface area contributed by atoms with Crippen LogP contribution in [0, 0.1) is 0 Å². The van der Waals surface area contributed by atoms with Crippen LogP contribution in [0.15, 0.2) is 66.7 Å².